The highest BCUT2D eigenvalue weighted by Crippen LogP contribution is 2.28. The molecule has 0 heterocycles. The van der Waals surface area contributed by atoms with Gasteiger partial charge in [0.05, 0.1) is 6.07 Å². The zero-order valence-electron chi connectivity index (χ0n) is 7.39. The number of hydrogen-bond donors (Lipinski definition) is 1. The topological polar surface area (TPSA) is 52.9 Å². The monoisotopic (exact) mass is 166 g/mol. The Morgan fingerprint density at radius 1 is 1.58 bits per heavy atom. The van der Waals surface area contributed by atoms with Gasteiger partial charge in [0, 0.05) is 6.42 Å². The van der Waals surface area contributed by atoms with Crippen LogP contribution in [0.25, 0.3) is 0 Å². The first-order valence-electron chi connectivity index (χ1n) is 4.45. The third kappa shape index (κ3) is 1.76. The van der Waals surface area contributed by atoms with Crippen LogP contribution in [0, 0.1) is 11.3 Å². The Hall–Kier alpha value is -1.04. The van der Waals surface area contributed by atoms with Crippen LogP contribution in [-0.4, -0.2) is 11.4 Å². The predicted octanol–water partition coefficient (Wildman–Crippen LogP) is 1.35. The number of nitrogens with one attached hydrogen (secondary N) is 1. The van der Waals surface area contributed by atoms with Gasteiger partial charge < -0.3 is 5.32 Å². The Balaban J connectivity index is 2.57. The van der Waals surface area contributed by atoms with E-state index in [9.17, 15) is 4.79 Å². The minimum Gasteiger partial charge on any atom is -0.338 e. The van der Waals surface area contributed by atoms with Gasteiger partial charge >= 0.3 is 0 Å². The number of amides is 1. The van der Waals surface area contributed by atoms with Gasteiger partial charge in [-0.15, -0.1) is 0 Å². The first-order chi connectivity index (χ1) is 5.72. The molecule has 12 heavy (non-hydrogen) atoms. The van der Waals surface area contributed by atoms with Crippen molar-refractivity contribution < 1.29 is 4.79 Å². The van der Waals surface area contributed by atoms with Crippen molar-refractivity contribution in [3.05, 3.63) is 0 Å². The van der Waals surface area contributed by atoms with Gasteiger partial charge in [0.15, 0.2) is 0 Å². The van der Waals surface area contributed by atoms with E-state index in [1.165, 1.54) is 0 Å². The van der Waals surface area contributed by atoms with Gasteiger partial charge in [-0.1, -0.05) is 6.92 Å². The van der Waals surface area contributed by atoms with Crippen molar-refractivity contribution in [1.29, 1.82) is 5.26 Å². The lowest BCUT2D eigenvalue weighted by molar-refractivity contribution is -0.122. The molecular weight excluding hydrogens is 152 g/mol. The van der Waals surface area contributed by atoms with Crippen LogP contribution in [0.5, 0.6) is 0 Å². The lowest BCUT2D eigenvalue weighted by Crippen LogP contribution is -2.44. The third-order valence-electron chi connectivity index (χ3n) is 2.37. The molecule has 3 nitrogen and oxygen atoms in total. The molecule has 0 atom stereocenters. The summed E-state index contributed by atoms with van der Waals surface area (Å²) in [5, 5.41) is 11.7. The van der Waals surface area contributed by atoms with E-state index < -0.39 is 5.54 Å². The quantitative estimate of drug-likeness (QED) is 0.673. The van der Waals surface area contributed by atoms with Crippen molar-refractivity contribution in [3.8, 4) is 6.07 Å². The van der Waals surface area contributed by atoms with Crippen LogP contribution in [0.15, 0.2) is 0 Å². The van der Waals surface area contributed by atoms with Gasteiger partial charge in [-0.25, -0.2) is 0 Å². The first-order valence-corrected chi connectivity index (χ1v) is 4.45. The molecule has 1 amide bonds. The van der Waals surface area contributed by atoms with Crippen LogP contribution < -0.4 is 5.32 Å². The van der Waals surface area contributed by atoms with Gasteiger partial charge in [-0.2, -0.15) is 5.26 Å². The van der Waals surface area contributed by atoms with E-state index in [4.69, 9.17) is 5.26 Å². The molecule has 66 valence electrons. The van der Waals surface area contributed by atoms with Gasteiger partial charge in [-0.05, 0) is 25.7 Å². The number of nitriles is 1. The van der Waals surface area contributed by atoms with E-state index in [1.54, 1.807) is 6.92 Å². The molecule has 0 radical (unpaired) electrons. The summed E-state index contributed by atoms with van der Waals surface area (Å²) in [6, 6.07) is 2.21. The van der Waals surface area contributed by atoms with Crippen molar-refractivity contribution in [2.45, 2.75) is 44.6 Å². The summed E-state index contributed by atoms with van der Waals surface area (Å²) in [6.45, 7) is 1.80. The summed E-state index contributed by atoms with van der Waals surface area (Å²) in [5.41, 5.74) is -0.535. The average molecular weight is 166 g/mol. The van der Waals surface area contributed by atoms with E-state index >= 15 is 0 Å². The number of carbonyl (C=O) groups excluding carboxylic acids is 1. The highest BCUT2D eigenvalue weighted by molar-refractivity contribution is 5.77. The maximum atomic E-state index is 11.1. The minimum atomic E-state index is -0.535. The second-order valence-electron chi connectivity index (χ2n) is 3.30. The van der Waals surface area contributed by atoms with Crippen molar-refractivity contribution >= 4 is 5.91 Å². The SMILES string of the molecule is CCC(=O)NC1(C#N)CCCC1. The van der Waals surface area contributed by atoms with Gasteiger partial charge in [0.2, 0.25) is 5.91 Å². The molecule has 3 heteroatoms. The van der Waals surface area contributed by atoms with Crippen molar-refractivity contribution in [2.24, 2.45) is 0 Å². The standard InChI is InChI=1S/C9H14N2O/c1-2-8(12)11-9(7-10)5-3-4-6-9/h2-6H2,1H3,(H,11,12). The zero-order valence-corrected chi connectivity index (χ0v) is 7.39. The van der Waals surface area contributed by atoms with E-state index in [1.807, 2.05) is 0 Å². The summed E-state index contributed by atoms with van der Waals surface area (Å²) in [4.78, 5) is 11.1. The molecular formula is C9H14N2O. The Bertz CT molecular complexity index is 211. The van der Waals surface area contributed by atoms with Crippen LogP contribution in [-0.2, 0) is 4.79 Å². The number of hydrogen-bond acceptors (Lipinski definition) is 2. The maximum absolute atomic E-state index is 11.1. The molecule has 0 aromatic rings. The molecule has 1 aliphatic carbocycles. The average Bonchev–Trinajstić information content (AvgIpc) is 2.54. The Labute approximate surface area is 72.8 Å². The molecule has 0 aromatic carbocycles. The second kappa shape index (κ2) is 3.57. The fourth-order valence-electron chi connectivity index (χ4n) is 1.60. The minimum absolute atomic E-state index is 0.0153. The molecule has 1 aliphatic rings. The smallest absolute Gasteiger partial charge is 0.220 e. The summed E-state index contributed by atoms with van der Waals surface area (Å²) in [5.74, 6) is -0.0153. The van der Waals surface area contributed by atoms with E-state index in [2.05, 4.69) is 11.4 Å². The summed E-state index contributed by atoms with van der Waals surface area (Å²) in [7, 11) is 0. The molecule has 0 aromatic heterocycles. The van der Waals surface area contributed by atoms with Crippen LogP contribution >= 0.6 is 0 Å². The molecule has 0 bridgehead atoms. The van der Waals surface area contributed by atoms with E-state index in [-0.39, 0.29) is 5.91 Å². The zero-order chi connectivity index (χ0) is 9.03. The van der Waals surface area contributed by atoms with Crippen LogP contribution in [0.2, 0.25) is 0 Å². The van der Waals surface area contributed by atoms with Crippen molar-refractivity contribution in [1.82, 2.24) is 5.32 Å². The third-order valence-corrected chi connectivity index (χ3v) is 2.37. The fraction of sp³-hybridized carbons (Fsp3) is 0.778. The van der Waals surface area contributed by atoms with Crippen molar-refractivity contribution in [3.63, 3.8) is 0 Å². The Kier molecular flexibility index (Phi) is 2.69. The lowest BCUT2D eigenvalue weighted by atomic mass is 10.00. The molecule has 1 fully saturated rings. The molecule has 1 N–H and O–H groups in total. The molecule has 1 rings (SSSR count). The van der Waals surface area contributed by atoms with Crippen LogP contribution in [0.3, 0.4) is 0 Å². The van der Waals surface area contributed by atoms with Gasteiger partial charge in [0.25, 0.3) is 0 Å². The van der Waals surface area contributed by atoms with Crippen LogP contribution in [0.1, 0.15) is 39.0 Å². The number of nitrogens with zero attached hydrogens (tertiary/aromatic N) is 1. The lowest BCUT2D eigenvalue weighted by Gasteiger charge is -2.21. The largest absolute Gasteiger partial charge is 0.338 e. The first kappa shape index (κ1) is 9.05. The molecule has 1 saturated carbocycles. The predicted molar refractivity (Wildman–Crippen MR) is 45.2 cm³/mol. The number of carbonyl (C=O) groups is 1. The molecule has 0 aliphatic heterocycles. The highest BCUT2D eigenvalue weighted by Gasteiger charge is 2.34. The Morgan fingerprint density at radius 3 is 2.58 bits per heavy atom. The molecule has 0 spiro atoms. The summed E-state index contributed by atoms with van der Waals surface area (Å²) in [6.07, 6.45) is 4.20. The van der Waals surface area contributed by atoms with Crippen molar-refractivity contribution in [2.75, 3.05) is 0 Å². The van der Waals surface area contributed by atoms with E-state index in [0.29, 0.717) is 6.42 Å². The summed E-state index contributed by atoms with van der Waals surface area (Å²) < 4.78 is 0. The highest BCUT2D eigenvalue weighted by atomic mass is 16.1. The Morgan fingerprint density at radius 2 is 2.17 bits per heavy atom. The van der Waals surface area contributed by atoms with E-state index in [0.717, 1.165) is 25.7 Å². The summed E-state index contributed by atoms with van der Waals surface area (Å²) >= 11 is 0. The maximum Gasteiger partial charge on any atom is 0.220 e. The second-order valence-corrected chi connectivity index (χ2v) is 3.30. The molecule has 0 saturated heterocycles. The fourth-order valence-corrected chi connectivity index (χ4v) is 1.60. The molecule has 0 unspecified atom stereocenters. The normalized spacial score (nSPS) is 20.0. The van der Waals surface area contributed by atoms with Gasteiger partial charge in [0.1, 0.15) is 5.54 Å². The van der Waals surface area contributed by atoms with Gasteiger partial charge in [-0.3, -0.25) is 4.79 Å². The van der Waals surface area contributed by atoms with Crippen LogP contribution in [0.4, 0.5) is 0 Å². The number of rotatable bonds is 2.